The fourth-order valence-corrected chi connectivity index (χ4v) is 2.98. The lowest BCUT2D eigenvalue weighted by molar-refractivity contribution is 0.179. The summed E-state index contributed by atoms with van der Waals surface area (Å²) < 4.78 is 0. The summed E-state index contributed by atoms with van der Waals surface area (Å²) in [5.41, 5.74) is 0. The van der Waals surface area contributed by atoms with E-state index >= 15 is 0 Å². The lowest BCUT2D eigenvalue weighted by atomic mass is 9.85. The predicted molar refractivity (Wildman–Crippen MR) is 69.7 cm³/mol. The third-order valence-electron chi connectivity index (χ3n) is 4.44. The molecule has 0 radical (unpaired) electrons. The Labute approximate surface area is 101 Å². The van der Waals surface area contributed by atoms with Crippen LogP contribution in [0.3, 0.4) is 0 Å². The topological polar surface area (TPSA) is 15.3 Å². The molecule has 0 aromatic carbocycles. The highest BCUT2D eigenvalue weighted by Crippen LogP contribution is 2.27. The van der Waals surface area contributed by atoms with E-state index in [2.05, 4.69) is 17.1 Å². The van der Waals surface area contributed by atoms with E-state index < -0.39 is 0 Å². The van der Waals surface area contributed by atoms with Gasteiger partial charge >= 0.3 is 0 Å². The van der Waals surface area contributed by atoms with Crippen molar-refractivity contribution >= 4 is 0 Å². The Hall–Kier alpha value is -0.0800. The molecule has 94 valence electrons. The summed E-state index contributed by atoms with van der Waals surface area (Å²) in [7, 11) is 0. The van der Waals surface area contributed by atoms with E-state index in [-0.39, 0.29) is 0 Å². The minimum atomic E-state index is 0.974. The Balaban J connectivity index is 1.54. The molecule has 2 rings (SSSR count). The van der Waals surface area contributed by atoms with Gasteiger partial charge < -0.3 is 10.2 Å². The Kier molecular flexibility index (Phi) is 5.11. The SMILES string of the molecule is CCN(CCCC1CCNC1)CC1CCC1. The fraction of sp³-hybridized carbons (Fsp3) is 1.00. The average Bonchev–Trinajstić information content (AvgIpc) is 2.73. The largest absolute Gasteiger partial charge is 0.316 e. The van der Waals surface area contributed by atoms with Crippen LogP contribution in [0.4, 0.5) is 0 Å². The maximum Gasteiger partial charge on any atom is 0.000954 e. The zero-order valence-corrected chi connectivity index (χ0v) is 10.9. The lowest BCUT2D eigenvalue weighted by Crippen LogP contribution is -2.33. The van der Waals surface area contributed by atoms with Crippen molar-refractivity contribution in [2.24, 2.45) is 11.8 Å². The summed E-state index contributed by atoms with van der Waals surface area (Å²) >= 11 is 0. The molecule has 1 saturated carbocycles. The highest BCUT2D eigenvalue weighted by molar-refractivity contribution is 4.75. The molecule has 1 atom stereocenters. The predicted octanol–water partition coefficient (Wildman–Crippen LogP) is 2.50. The Morgan fingerprint density at radius 3 is 2.62 bits per heavy atom. The van der Waals surface area contributed by atoms with Gasteiger partial charge in [-0.1, -0.05) is 13.3 Å². The highest BCUT2D eigenvalue weighted by atomic mass is 15.1. The first-order valence-electron chi connectivity index (χ1n) is 7.31. The summed E-state index contributed by atoms with van der Waals surface area (Å²) in [6.45, 7) is 8.80. The van der Waals surface area contributed by atoms with E-state index in [9.17, 15) is 0 Å². The van der Waals surface area contributed by atoms with Gasteiger partial charge in [0.05, 0.1) is 0 Å². The second-order valence-electron chi connectivity index (χ2n) is 5.69. The molecule has 0 spiro atoms. The van der Waals surface area contributed by atoms with E-state index in [0.29, 0.717) is 0 Å². The van der Waals surface area contributed by atoms with Crippen molar-refractivity contribution in [3.63, 3.8) is 0 Å². The number of hydrogen-bond acceptors (Lipinski definition) is 2. The van der Waals surface area contributed by atoms with Gasteiger partial charge in [0.2, 0.25) is 0 Å². The molecular formula is C14H28N2. The molecule has 0 aromatic heterocycles. The van der Waals surface area contributed by atoms with Gasteiger partial charge in [-0.2, -0.15) is 0 Å². The van der Waals surface area contributed by atoms with Crippen molar-refractivity contribution < 1.29 is 0 Å². The molecule has 0 amide bonds. The van der Waals surface area contributed by atoms with E-state index in [1.54, 1.807) is 0 Å². The van der Waals surface area contributed by atoms with Crippen LogP contribution in [0.5, 0.6) is 0 Å². The zero-order valence-electron chi connectivity index (χ0n) is 10.9. The molecule has 1 saturated heterocycles. The molecule has 0 aromatic rings. The second kappa shape index (κ2) is 6.61. The van der Waals surface area contributed by atoms with Crippen LogP contribution in [0.2, 0.25) is 0 Å². The van der Waals surface area contributed by atoms with E-state index in [0.717, 1.165) is 11.8 Å². The first-order valence-corrected chi connectivity index (χ1v) is 7.31. The molecule has 1 heterocycles. The Morgan fingerprint density at radius 1 is 1.19 bits per heavy atom. The Bertz CT molecular complexity index is 183. The average molecular weight is 224 g/mol. The fourth-order valence-electron chi connectivity index (χ4n) is 2.98. The van der Waals surface area contributed by atoms with Gasteiger partial charge in [-0.15, -0.1) is 0 Å². The molecule has 2 heteroatoms. The maximum absolute atomic E-state index is 3.46. The minimum absolute atomic E-state index is 0.974. The van der Waals surface area contributed by atoms with Crippen LogP contribution < -0.4 is 5.32 Å². The summed E-state index contributed by atoms with van der Waals surface area (Å²) in [5, 5.41) is 3.46. The molecule has 2 aliphatic rings. The van der Waals surface area contributed by atoms with Gasteiger partial charge in [0.15, 0.2) is 0 Å². The van der Waals surface area contributed by atoms with Gasteiger partial charge in [0, 0.05) is 6.54 Å². The van der Waals surface area contributed by atoms with Crippen molar-refractivity contribution in [2.45, 2.75) is 45.4 Å². The normalized spacial score (nSPS) is 26.2. The second-order valence-corrected chi connectivity index (χ2v) is 5.69. The van der Waals surface area contributed by atoms with Gasteiger partial charge in [-0.25, -0.2) is 0 Å². The molecule has 1 aliphatic carbocycles. The number of rotatable bonds is 7. The van der Waals surface area contributed by atoms with E-state index in [4.69, 9.17) is 0 Å². The van der Waals surface area contributed by atoms with Gasteiger partial charge in [-0.3, -0.25) is 0 Å². The third kappa shape index (κ3) is 3.74. The molecule has 0 bridgehead atoms. The minimum Gasteiger partial charge on any atom is -0.316 e. The molecule has 16 heavy (non-hydrogen) atoms. The van der Waals surface area contributed by atoms with Crippen LogP contribution in [-0.2, 0) is 0 Å². The number of hydrogen-bond donors (Lipinski definition) is 1. The number of nitrogens with one attached hydrogen (secondary N) is 1. The number of nitrogens with zero attached hydrogens (tertiary/aromatic N) is 1. The van der Waals surface area contributed by atoms with E-state index in [1.165, 1.54) is 71.2 Å². The molecule has 2 fully saturated rings. The summed E-state index contributed by atoms with van der Waals surface area (Å²) in [5.74, 6) is 2.01. The summed E-state index contributed by atoms with van der Waals surface area (Å²) in [6.07, 6.45) is 8.72. The monoisotopic (exact) mass is 224 g/mol. The standard InChI is InChI=1S/C14H28N2/c1-2-16(12-14-5-3-6-14)10-4-7-13-8-9-15-11-13/h13-15H,2-12H2,1H3. The maximum atomic E-state index is 3.46. The van der Waals surface area contributed by atoms with Crippen LogP contribution in [0.25, 0.3) is 0 Å². The van der Waals surface area contributed by atoms with Crippen molar-refractivity contribution in [1.29, 1.82) is 0 Å². The van der Waals surface area contributed by atoms with Crippen LogP contribution in [0.1, 0.15) is 45.4 Å². The molecule has 1 N–H and O–H groups in total. The van der Waals surface area contributed by atoms with E-state index in [1.807, 2.05) is 0 Å². The van der Waals surface area contributed by atoms with Gasteiger partial charge in [-0.05, 0) is 70.1 Å². The van der Waals surface area contributed by atoms with Crippen LogP contribution in [0.15, 0.2) is 0 Å². The molecular weight excluding hydrogens is 196 g/mol. The first kappa shape index (κ1) is 12.4. The zero-order chi connectivity index (χ0) is 11.2. The first-order chi connectivity index (χ1) is 7.88. The van der Waals surface area contributed by atoms with Crippen molar-refractivity contribution in [3.8, 4) is 0 Å². The summed E-state index contributed by atoms with van der Waals surface area (Å²) in [6, 6.07) is 0. The molecule has 1 aliphatic heterocycles. The molecule has 2 nitrogen and oxygen atoms in total. The lowest BCUT2D eigenvalue weighted by Gasteiger charge is -2.31. The Morgan fingerprint density at radius 2 is 2.06 bits per heavy atom. The van der Waals surface area contributed by atoms with Gasteiger partial charge in [0.25, 0.3) is 0 Å². The van der Waals surface area contributed by atoms with Crippen LogP contribution in [-0.4, -0.2) is 37.6 Å². The van der Waals surface area contributed by atoms with Crippen molar-refractivity contribution in [2.75, 3.05) is 32.7 Å². The highest BCUT2D eigenvalue weighted by Gasteiger charge is 2.20. The quantitative estimate of drug-likeness (QED) is 0.715. The molecule has 1 unspecified atom stereocenters. The van der Waals surface area contributed by atoms with Gasteiger partial charge in [0.1, 0.15) is 0 Å². The summed E-state index contributed by atoms with van der Waals surface area (Å²) in [4.78, 5) is 2.67. The van der Waals surface area contributed by atoms with Crippen LogP contribution in [0, 0.1) is 11.8 Å². The van der Waals surface area contributed by atoms with Crippen molar-refractivity contribution in [3.05, 3.63) is 0 Å². The van der Waals surface area contributed by atoms with Crippen LogP contribution >= 0.6 is 0 Å². The van der Waals surface area contributed by atoms with Crippen molar-refractivity contribution in [1.82, 2.24) is 10.2 Å². The third-order valence-corrected chi connectivity index (χ3v) is 4.44. The smallest absolute Gasteiger partial charge is 0.000954 e.